The van der Waals surface area contributed by atoms with Gasteiger partial charge in [-0.15, -0.1) is 0 Å². The van der Waals surface area contributed by atoms with E-state index in [0.29, 0.717) is 30.1 Å². The van der Waals surface area contributed by atoms with Gasteiger partial charge in [-0.3, -0.25) is 9.10 Å². The Hall–Kier alpha value is -2.82. The molecule has 1 fully saturated rings. The lowest BCUT2D eigenvalue weighted by molar-refractivity contribution is 0.314. The van der Waals surface area contributed by atoms with Gasteiger partial charge in [0.15, 0.2) is 0 Å². The largest absolute Gasteiger partial charge is 0.327 e. The molecule has 0 saturated heterocycles. The van der Waals surface area contributed by atoms with Gasteiger partial charge in [-0.05, 0) is 54.2 Å². The lowest BCUT2D eigenvalue weighted by Gasteiger charge is -2.26. The highest BCUT2D eigenvalue weighted by atomic mass is 35.5. The van der Waals surface area contributed by atoms with Gasteiger partial charge in [0.1, 0.15) is 0 Å². The van der Waals surface area contributed by atoms with Crippen molar-refractivity contribution in [2.75, 3.05) is 10.8 Å². The maximum atomic E-state index is 13.7. The van der Waals surface area contributed by atoms with Crippen molar-refractivity contribution in [3.63, 3.8) is 0 Å². The monoisotopic (exact) mass is 453 g/mol. The topological polar surface area (TPSA) is 94.0 Å². The number of fused-ring (bicyclic) bond motifs is 2. The molecule has 0 unspecified atom stereocenters. The van der Waals surface area contributed by atoms with E-state index in [1.807, 2.05) is 6.07 Å². The van der Waals surface area contributed by atoms with Crippen LogP contribution in [0.3, 0.4) is 0 Å². The van der Waals surface area contributed by atoms with Crippen molar-refractivity contribution in [1.82, 2.24) is 4.98 Å². The number of H-pyrrole nitrogens is 1. The van der Waals surface area contributed by atoms with Crippen molar-refractivity contribution in [3.05, 3.63) is 68.6 Å². The number of hydrogen-bond donors (Lipinski definition) is 1. The summed E-state index contributed by atoms with van der Waals surface area (Å²) in [6.45, 7) is 0.293. The van der Waals surface area contributed by atoms with Crippen LogP contribution in [0.15, 0.2) is 46.2 Å². The predicted octanol–water partition coefficient (Wildman–Crippen LogP) is 4.15. The number of sulfonamides is 1. The summed E-state index contributed by atoms with van der Waals surface area (Å²) in [5.41, 5.74) is 2.70. The molecule has 0 atom stereocenters. The number of anilines is 1. The average molecular weight is 454 g/mol. The molecular weight excluding hydrogens is 434 g/mol. The van der Waals surface area contributed by atoms with E-state index in [0.717, 1.165) is 17.5 Å². The zero-order chi connectivity index (χ0) is 21.8. The third kappa shape index (κ3) is 3.22. The molecule has 0 radical (unpaired) electrons. The van der Waals surface area contributed by atoms with Gasteiger partial charge >= 0.3 is 0 Å². The minimum absolute atomic E-state index is 0.00291. The van der Waals surface area contributed by atoms with E-state index in [1.165, 1.54) is 35.8 Å². The van der Waals surface area contributed by atoms with Crippen molar-refractivity contribution in [2.24, 2.45) is 5.92 Å². The van der Waals surface area contributed by atoms with Crippen molar-refractivity contribution < 1.29 is 8.42 Å². The van der Waals surface area contributed by atoms with Crippen LogP contribution in [0.4, 0.5) is 5.69 Å². The SMILES string of the molecule is N#Cc1cc(CC2CCC2)c2c(c1)N(S(=O)(=O)c1cccc3c(=O)[nH]cc(Cl)c13)CC2. The number of pyridine rings is 1. The summed E-state index contributed by atoms with van der Waals surface area (Å²) in [4.78, 5) is 14.8. The first-order valence-electron chi connectivity index (χ1n) is 10.3. The predicted molar refractivity (Wildman–Crippen MR) is 120 cm³/mol. The third-order valence-corrected chi connectivity index (χ3v) is 8.58. The van der Waals surface area contributed by atoms with Crippen LogP contribution < -0.4 is 9.86 Å². The Balaban J connectivity index is 1.66. The van der Waals surface area contributed by atoms with Crippen LogP contribution >= 0.6 is 11.6 Å². The van der Waals surface area contributed by atoms with Gasteiger partial charge in [0.05, 0.1) is 27.2 Å². The van der Waals surface area contributed by atoms with Crippen LogP contribution in [-0.2, 0) is 22.9 Å². The fourth-order valence-electron chi connectivity index (χ4n) is 4.64. The molecule has 0 spiro atoms. The molecule has 2 aromatic carbocycles. The quantitative estimate of drug-likeness (QED) is 0.642. The molecule has 0 bridgehead atoms. The normalized spacial score (nSPS) is 16.2. The highest BCUT2D eigenvalue weighted by Gasteiger charge is 2.35. The minimum Gasteiger partial charge on any atom is -0.327 e. The van der Waals surface area contributed by atoms with E-state index in [1.54, 1.807) is 18.2 Å². The first-order valence-corrected chi connectivity index (χ1v) is 12.1. The van der Waals surface area contributed by atoms with Crippen LogP contribution in [0.1, 0.15) is 36.0 Å². The van der Waals surface area contributed by atoms with Crippen molar-refractivity contribution in [1.29, 1.82) is 5.26 Å². The summed E-state index contributed by atoms with van der Waals surface area (Å²) in [7, 11) is -3.99. The Labute approximate surface area is 185 Å². The first kappa shape index (κ1) is 20.1. The van der Waals surface area contributed by atoms with E-state index < -0.39 is 15.6 Å². The number of aromatic nitrogens is 1. The fraction of sp³-hybridized carbons (Fsp3) is 0.304. The molecule has 5 rings (SSSR count). The molecule has 3 aromatic rings. The molecule has 1 aromatic heterocycles. The second-order valence-electron chi connectivity index (χ2n) is 8.22. The number of nitrogens with zero attached hydrogens (tertiary/aromatic N) is 2. The van der Waals surface area contributed by atoms with Crippen molar-refractivity contribution >= 4 is 38.1 Å². The van der Waals surface area contributed by atoms with Gasteiger partial charge < -0.3 is 4.98 Å². The van der Waals surface area contributed by atoms with Gasteiger partial charge in [0.25, 0.3) is 15.6 Å². The molecule has 1 N–H and O–H groups in total. The Bertz CT molecular complexity index is 1420. The number of aromatic amines is 1. The van der Waals surface area contributed by atoms with Gasteiger partial charge in [0, 0.05) is 23.5 Å². The van der Waals surface area contributed by atoms with Gasteiger partial charge in [-0.2, -0.15) is 5.26 Å². The number of halogens is 1. The molecule has 1 aliphatic carbocycles. The molecule has 158 valence electrons. The van der Waals surface area contributed by atoms with Crippen LogP contribution in [0.2, 0.25) is 5.02 Å². The third-order valence-electron chi connectivity index (χ3n) is 6.42. The molecule has 0 amide bonds. The zero-order valence-electron chi connectivity index (χ0n) is 16.7. The zero-order valence-corrected chi connectivity index (χ0v) is 18.3. The molecule has 1 saturated carbocycles. The highest BCUT2D eigenvalue weighted by Crippen LogP contribution is 2.40. The number of rotatable bonds is 4. The Morgan fingerprint density at radius 2 is 2.06 bits per heavy atom. The van der Waals surface area contributed by atoms with Crippen LogP contribution in [0.25, 0.3) is 10.8 Å². The van der Waals surface area contributed by atoms with Crippen molar-refractivity contribution in [3.8, 4) is 6.07 Å². The number of nitrogens with one attached hydrogen (secondary N) is 1. The maximum absolute atomic E-state index is 13.7. The number of benzene rings is 2. The Morgan fingerprint density at radius 1 is 1.26 bits per heavy atom. The summed E-state index contributed by atoms with van der Waals surface area (Å²) in [6, 6.07) is 10.3. The summed E-state index contributed by atoms with van der Waals surface area (Å²) < 4.78 is 28.9. The smallest absolute Gasteiger partial charge is 0.265 e. The second-order valence-corrected chi connectivity index (χ2v) is 10.5. The summed E-state index contributed by atoms with van der Waals surface area (Å²) >= 11 is 6.30. The molecule has 1 aliphatic heterocycles. The van der Waals surface area contributed by atoms with Gasteiger partial charge in [-0.1, -0.05) is 36.9 Å². The average Bonchev–Trinajstić information content (AvgIpc) is 3.17. The minimum atomic E-state index is -3.99. The van der Waals surface area contributed by atoms with Gasteiger partial charge in [-0.25, -0.2) is 8.42 Å². The van der Waals surface area contributed by atoms with Crippen molar-refractivity contribution in [2.45, 2.75) is 37.0 Å². The van der Waals surface area contributed by atoms with Gasteiger partial charge in [0.2, 0.25) is 0 Å². The lowest BCUT2D eigenvalue weighted by atomic mass is 9.79. The summed E-state index contributed by atoms with van der Waals surface area (Å²) in [6.07, 6.45) is 6.37. The van der Waals surface area contributed by atoms with E-state index in [2.05, 4.69) is 11.1 Å². The molecule has 2 heterocycles. The molecule has 8 heteroatoms. The lowest BCUT2D eigenvalue weighted by Crippen LogP contribution is -2.29. The number of hydrogen-bond acceptors (Lipinski definition) is 4. The molecule has 2 aliphatic rings. The Morgan fingerprint density at radius 3 is 2.77 bits per heavy atom. The van der Waals surface area contributed by atoms with Crippen LogP contribution in [0.5, 0.6) is 0 Å². The Kier molecular flexibility index (Phi) is 4.80. The summed E-state index contributed by atoms with van der Waals surface area (Å²) in [5.74, 6) is 0.604. The van der Waals surface area contributed by atoms with E-state index in [-0.39, 0.29) is 20.7 Å². The second kappa shape index (κ2) is 7.40. The van der Waals surface area contributed by atoms with E-state index >= 15 is 0 Å². The number of nitriles is 1. The molecule has 6 nitrogen and oxygen atoms in total. The first-order chi connectivity index (χ1) is 14.9. The molecular formula is C23H20ClN3O3S. The molecule has 31 heavy (non-hydrogen) atoms. The fourth-order valence-corrected chi connectivity index (χ4v) is 6.68. The van der Waals surface area contributed by atoms with Crippen LogP contribution in [0, 0.1) is 17.2 Å². The summed E-state index contributed by atoms with van der Waals surface area (Å²) in [5, 5.41) is 10.2. The van der Waals surface area contributed by atoms with E-state index in [9.17, 15) is 18.5 Å². The van der Waals surface area contributed by atoms with E-state index in [4.69, 9.17) is 11.6 Å². The maximum Gasteiger partial charge on any atom is 0.265 e. The highest BCUT2D eigenvalue weighted by molar-refractivity contribution is 7.93. The van der Waals surface area contributed by atoms with Crippen LogP contribution in [-0.4, -0.2) is 19.9 Å². The standard InChI is InChI=1S/C23H20ClN3O3S/c24-19-13-26-23(28)18-5-2-6-21(22(18)19)31(29,30)27-8-7-17-16(9-14-3-1-4-14)10-15(12-25)11-20(17)27/h2,5-6,10-11,13-14H,1,3-4,7-9H2,(H,26,28).